The van der Waals surface area contributed by atoms with Gasteiger partial charge in [0, 0.05) is 23.2 Å². The molecule has 0 saturated heterocycles. The molecule has 1 aliphatic rings. The first kappa shape index (κ1) is 16.9. The Labute approximate surface area is 146 Å². The standard InChI is InChI=1S/C19H19ClFNO2/c20-17-7-3-1-6-15(17)12-24-13-19(23)22(16-9-10-16)11-14-5-2-4-8-18(14)21/h1-8,16H,9-13H2. The van der Waals surface area contributed by atoms with Crippen LogP contribution in [0.2, 0.25) is 5.02 Å². The van der Waals surface area contributed by atoms with Gasteiger partial charge in [-0.15, -0.1) is 0 Å². The van der Waals surface area contributed by atoms with E-state index in [4.69, 9.17) is 16.3 Å². The summed E-state index contributed by atoms with van der Waals surface area (Å²) in [5, 5.41) is 0.621. The highest BCUT2D eigenvalue weighted by atomic mass is 35.5. The van der Waals surface area contributed by atoms with E-state index < -0.39 is 0 Å². The molecule has 1 fully saturated rings. The molecule has 1 amide bonds. The highest BCUT2D eigenvalue weighted by molar-refractivity contribution is 6.31. The summed E-state index contributed by atoms with van der Waals surface area (Å²) in [5.74, 6) is -0.402. The van der Waals surface area contributed by atoms with Gasteiger partial charge in [-0.1, -0.05) is 48.0 Å². The number of nitrogens with zero attached hydrogens (tertiary/aromatic N) is 1. The van der Waals surface area contributed by atoms with E-state index in [2.05, 4.69) is 0 Å². The molecule has 0 aromatic heterocycles. The van der Waals surface area contributed by atoms with Crippen molar-refractivity contribution in [1.82, 2.24) is 4.90 Å². The van der Waals surface area contributed by atoms with Crippen molar-refractivity contribution in [3.63, 3.8) is 0 Å². The average molecular weight is 348 g/mol. The van der Waals surface area contributed by atoms with Gasteiger partial charge >= 0.3 is 0 Å². The minimum atomic E-state index is -0.284. The summed E-state index contributed by atoms with van der Waals surface area (Å²) in [5.41, 5.74) is 1.38. The zero-order chi connectivity index (χ0) is 16.9. The minimum absolute atomic E-state index is 0.0316. The lowest BCUT2D eigenvalue weighted by Crippen LogP contribution is -2.35. The molecule has 0 N–H and O–H groups in total. The van der Waals surface area contributed by atoms with Gasteiger partial charge in [-0.05, 0) is 30.5 Å². The van der Waals surface area contributed by atoms with E-state index in [1.165, 1.54) is 6.07 Å². The molecule has 0 aliphatic heterocycles. The van der Waals surface area contributed by atoms with E-state index in [1.807, 2.05) is 18.2 Å². The highest BCUT2D eigenvalue weighted by Gasteiger charge is 2.32. The van der Waals surface area contributed by atoms with Crippen LogP contribution in [0.1, 0.15) is 24.0 Å². The van der Waals surface area contributed by atoms with Crippen molar-refractivity contribution >= 4 is 17.5 Å². The lowest BCUT2D eigenvalue weighted by Gasteiger charge is -2.23. The van der Waals surface area contributed by atoms with Crippen LogP contribution in [0.4, 0.5) is 4.39 Å². The number of carbonyl (C=O) groups is 1. The predicted molar refractivity (Wildman–Crippen MR) is 91.1 cm³/mol. The molecule has 5 heteroatoms. The van der Waals surface area contributed by atoms with Crippen molar-refractivity contribution in [3.8, 4) is 0 Å². The predicted octanol–water partition coefficient (Wildman–Crippen LogP) is 4.19. The Morgan fingerprint density at radius 1 is 1.12 bits per heavy atom. The van der Waals surface area contributed by atoms with Gasteiger partial charge in [-0.25, -0.2) is 4.39 Å². The zero-order valence-electron chi connectivity index (χ0n) is 13.3. The Hall–Kier alpha value is -1.91. The van der Waals surface area contributed by atoms with Gasteiger partial charge in [0.2, 0.25) is 5.91 Å². The molecule has 2 aromatic carbocycles. The van der Waals surface area contributed by atoms with Gasteiger partial charge in [-0.2, -0.15) is 0 Å². The van der Waals surface area contributed by atoms with Gasteiger partial charge in [0.1, 0.15) is 12.4 Å². The van der Waals surface area contributed by atoms with Gasteiger partial charge in [-0.3, -0.25) is 4.79 Å². The second-order valence-corrected chi connectivity index (χ2v) is 6.34. The number of halogens is 2. The first-order valence-electron chi connectivity index (χ1n) is 7.99. The Balaban J connectivity index is 1.57. The average Bonchev–Trinajstić information content (AvgIpc) is 3.40. The summed E-state index contributed by atoms with van der Waals surface area (Å²) in [6, 6.07) is 14.1. The molecule has 0 unspecified atom stereocenters. The number of ether oxygens (including phenoxy) is 1. The molecule has 1 aliphatic carbocycles. The van der Waals surface area contributed by atoms with Gasteiger partial charge in [0.15, 0.2) is 0 Å². The molecule has 0 radical (unpaired) electrons. The van der Waals surface area contributed by atoms with E-state index in [0.717, 1.165) is 18.4 Å². The van der Waals surface area contributed by atoms with Crippen molar-refractivity contribution in [2.24, 2.45) is 0 Å². The first-order chi connectivity index (χ1) is 11.6. The summed E-state index contributed by atoms with van der Waals surface area (Å²) in [7, 11) is 0. The second kappa shape index (κ2) is 7.77. The minimum Gasteiger partial charge on any atom is -0.367 e. The highest BCUT2D eigenvalue weighted by Crippen LogP contribution is 2.29. The Morgan fingerprint density at radius 2 is 1.79 bits per heavy atom. The molecule has 1 saturated carbocycles. The topological polar surface area (TPSA) is 29.5 Å². The van der Waals surface area contributed by atoms with Crippen molar-refractivity contribution in [3.05, 3.63) is 70.5 Å². The molecule has 2 aromatic rings. The van der Waals surface area contributed by atoms with Crippen LogP contribution in [0, 0.1) is 5.82 Å². The fraction of sp³-hybridized carbons (Fsp3) is 0.316. The summed E-state index contributed by atoms with van der Waals surface area (Å²) < 4.78 is 19.4. The summed E-state index contributed by atoms with van der Waals surface area (Å²) in [4.78, 5) is 14.2. The molecule has 0 bridgehead atoms. The van der Waals surface area contributed by atoms with E-state index >= 15 is 0 Å². The van der Waals surface area contributed by atoms with Gasteiger partial charge in [0.25, 0.3) is 0 Å². The van der Waals surface area contributed by atoms with E-state index in [9.17, 15) is 9.18 Å². The second-order valence-electron chi connectivity index (χ2n) is 5.93. The molecule has 0 spiro atoms. The van der Waals surface area contributed by atoms with E-state index in [1.54, 1.807) is 29.2 Å². The monoisotopic (exact) mass is 347 g/mol. The number of carbonyl (C=O) groups excluding carboxylic acids is 1. The molecule has 24 heavy (non-hydrogen) atoms. The van der Waals surface area contributed by atoms with Crippen molar-refractivity contribution in [1.29, 1.82) is 0 Å². The first-order valence-corrected chi connectivity index (χ1v) is 8.37. The third kappa shape index (κ3) is 4.34. The summed E-state index contributed by atoms with van der Waals surface area (Å²) >= 11 is 6.07. The maximum Gasteiger partial charge on any atom is 0.249 e. The number of benzene rings is 2. The molecular weight excluding hydrogens is 329 g/mol. The number of hydrogen-bond acceptors (Lipinski definition) is 2. The van der Waals surface area contributed by atoms with Gasteiger partial charge < -0.3 is 9.64 Å². The molecule has 3 rings (SSSR count). The van der Waals surface area contributed by atoms with Crippen LogP contribution in [0.15, 0.2) is 48.5 Å². The van der Waals surface area contributed by atoms with Crippen LogP contribution in [0.5, 0.6) is 0 Å². The third-order valence-electron chi connectivity index (χ3n) is 4.05. The number of rotatable bonds is 7. The van der Waals surface area contributed by atoms with E-state index in [-0.39, 0.29) is 37.5 Å². The summed E-state index contributed by atoms with van der Waals surface area (Å²) in [6.45, 7) is 0.533. The lowest BCUT2D eigenvalue weighted by atomic mass is 10.2. The Bertz CT molecular complexity index is 718. The molecular formula is C19H19ClFNO2. The van der Waals surface area contributed by atoms with Crippen molar-refractivity contribution in [2.75, 3.05) is 6.61 Å². The van der Waals surface area contributed by atoms with Crippen molar-refractivity contribution in [2.45, 2.75) is 32.0 Å². The fourth-order valence-corrected chi connectivity index (χ4v) is 2.75. The summed E-state index contributed by atoms with van der Waals surface area (Å²) in [6.07, 6.45) is 1.93. The fourth-order valence-electron chi connectivity index (χ4n) is 2.56. The zero-order valence-corrected chi connectivity index (χ0v) is 14.0. The van der Waals surface area contributed by atoms with Crippen LogP contribution in [0.3, 0.4) is 0 Å². The van der Waals surface area contributed by atoms with E-state index in [0.29, 0.717) is 10.6 Å². The Kier molecular flexibility index (Phi) is 5.48. The van der Waals surface area contributed by atoms with Crippen molar-refractivity contribution < 1.29 is 13.9 Å². The number of amides is 1. The quantitative estimate of drug-likeness (QED) is 0.751. The molecule has 0 heterocycles. The van der Waals surface area contributed by atoms with Crippen LogP contribution < -0.4 is 0 Å². The van der Waals surface area contributed by atoms with Crippen LogP contribution in [-0.2, 0) is 22.7 Å². The molecule has 0 atom stereocenters. The number of hydrogen-bond donors (Lipinski definition) is 0. The normalized spacial score (nSPS) is 13.8. The largest absolute Gasteiger partial charge is 0.367 e. The third-order valence-corrected chi connectivity index (χ3v) is 4.42. The Morgan fingerprint density at radius 3 is 2.46 bits per heavy atom. The van der Waals surface area contributed by atoms with Crippen LogP contribution in [0.25, 0.3) is 0 Å². The lowest BCUT2D eigenvalue weighted by molar-refractivity contribution is -0.137. The van der Waals surface area contributed by atoms with Crippen LogP contribution >= 0.6 is 11.6 Å². The smallest absolute Gasteiger partial charge is 0.249 e. The van der Waals surface area contributed by atoms with Gasteiger partial charge in [0.05, 0.1) is 6.61 Å². The maximum absolute atomic E-state index is 13.8. The molecule has 3 nitrogen and oxygen atoms in total. The molecule has 126 valence electrons. The maximum atomic E-state index is 13.8. The van der Waals surface area contributed by atoms with Crippen LogP contribution in [-0.4, -0.2) is 23.5 Å². The SMILES string of the molecule is O=C(COCc1ccccc1Cl)N(Cc1ccccc1F)C1CC1.